The lowest BCUT2D eigenvalue weighted by Crippen LogP contribution is -2.32. The SMILES string of the molecule is C1=CCCC(c2nc(-c3ccc(-c4ccc5c(c4)C4(c6ccccc6O5)c5ccccc5-c5ccccc54)cc3)nc(-c3cccc(-c4ccccc4)c3)n2)=C1. The second-order valence-electron chi connectivity index (χ2n) is 14.6. The van der Waals surface area contributed by atoms with Crippen LogP contribution in [0.25, 0.3) is 61.7 Å². The molecule has 0 N–H and O–H groups in total. The summed E-state index contributed by atoms with van der Waals surface area (Å²) in [6.07, 6.45) is 8.28. The highest BCUT2D eigenvalue weighted by atomic mass is 16.5. The van der Waals surface area contributed by atoms with Gasteiger partial charge in [0, 0.05) is 22.3 Å². The molecule has 7 aromatic carbocycles. The second kappa shape index (κ2) is 13.0. The van der Waals surface area contributed by atoms with Gasteiger partial charge < -0.3 is 4.74 Å². The molecule has 2 aliphatic carbocycles. The molecule has 0 saturated carbocycles. The van der Waals surface area contributed by atoms with Gasteiger partial charge in [-0.25, -0.2) is 15.0 Å². The van der Waals surface area contributed by atoms with Crippen molar-refractivity contribution in [3.8, 4) is 67.7 Å². The van der Waals surface area contributed by atoms with Gasteiger partial charge in [0.25, 0.3) is 0 Å². The van der Waals surface area contributed by atoms with Gasteiger partial charge in [-0.15, -0.1) is 0 Å². The third kappa shape index (κ3) is 5.10. The van der Waals surface area contributed by atoms with Crippen LogP contribution in [-0.4, -0.2) is 15.0 Å². The molecule has 4 nitrogen and oxygen atoms in total. The van der Waals surface area contributed by atoms with Crippen LogP contribution < -0.4 is 4.74 Å². The summed E-state index contributed by atoms with van der Waals surface area (Å²) in [7, 11) is 0. The number of fused-ring (bicyclic) bond motifs is 9. The summed E-state index contributed by atoms with van der Waals surface area (Å²) in [6, 6.07) is 60.4. The molecule has 0 radical (unpaired) electrons. The van der Waals surface area contributed by atoms with Crippen molar-refractivity contribution < 1.29 is 4.74 Å². The fourth-order valence-electron chi connectivity index (χ4n) is 8.88. The Morgan fingerprint density at radius 2 is 0.964 bits per heavy atom. The number of benzene rings is 7. The van der Waals surface area contributed by atoms with Gasteiger partial charge in [0.05, 0.1) is 5.41 Å². The molecule has 2 heterocycles. The van der Waals surface area contributed by atoms with E-state index in [1.54, 1.807) is 0 Å². The van der Waals surface area contributed by atoms with Crippen molar-refractivity contribution in [3.63, 3.8) is 0 Å². The van der Waals surface area contributed by atoms with Crippen molar-refractivity contribution in [1.29, 1.82) is 0 Å². The lowest BCUT2D eigenvalue weighted by atomic mass is 9.66. The van der Waals surface area contributed by atoms with E-state index in [2.05, 4.69) is 182 Å². The molecule has 1 aliphatic heterocycles. The minimum Gasteiger partial charge on any atom is -0.457 e. The van der Waals surface area contributed by atoms with Crippen LogP contribution in [0, 0.1) is 0 Å². The molecule has 1 aromatic heterocycles. The van der Waals surface area contributed by atoms with Crippen LogP contribution in [0.4, 0.5) is 0 Å². The molecule has 0 unspecified atom stereocenters. The van der Waals surface area contributed by atoms with Gasteiger partial charge >= 0.3 is 0 Å². The number of allylic oxidation sites excluding steroid dienone is 4. The Balaban J connectivity index is 1.02. The Hall–Kier alpha value is -7.17. The first-order valence-corrected chi connectivity index (χ1v) is 19.2. The zero-order valence-electron chi connectivity index (χ0n) is 30.6. The zero-order chi connectivity index (χ0) is 37.1. The Bertz CT molecular complexity index is 2840. The third-order valence-corrected chi connectivity index (χ3v) is 11.5. The molecule has 0 fully saturated rings. The molecular formula is C52H35N3O. The molecule has 3 aliphatic rings. The minimum atomic E-state index is -0.508. The van der Waals surface area contributed by atoms with E-state index >= 15 is 0 Å². The van der Waals surface area contributed by atoms with Gasteiger partial charge in [-0.3, -0.25) is 0 Å². The smallest absolute Gasteiger partial charge is 0.164 e. The first-order chi connectivity index (χ1) is 27.7. The van der Waals surface area contributed by atoms with Gasteiger partial charge in [-0.1, -0.05) is 164 Å². The third-order valence-electron chi connectivity index (χ3n) is 11.5. The molecular weight excluding hydrogens is 683 g/mol. The molecule has 264 valence electrons. The van der Waals surface area contributed by atoms with Crippen LogP contribution in [0.3, 0.4) is 0 Å². The molecule has 8 aromatic rings. The number of aromatic nitrogens is 3. The molecule has 56 heavy (non-hydrogen) atoms. The Kier molecular flexibility index (Phi) is 7.49. The second-order valence-corrected chi connectivity index (χ2v) is 14.6. The van der Waals surface area contributed by atoms with Gasteiger partial charge in [0.1, 0.15) is 11.5 Å². The van der Waals surface area contributed by atoms with Crippen LogP contribution in [0.1, 0.15) is 40.9 Å². The number of rotatable bonds is 5. The first kappa shape index (κ1) is 32.3. The van der Waals surface area contributed by atoms with Crippen LogP contribution in [0.2, 0.25) is 0 Å². The Labute approximate surface area is 326 Å². The maximum atomic E-state index is 6.67. The minimum absolute atomic E-state index is 0.508. The summed E-state index contributed by atoms with van der Waals surface area (Å²) in [6.45, 7) is 0. The summed E-state index contributed by atoms with van der Waals surface area (Å²) in [5.41, 5.74) is 14.4. The topological polar surface area (TPSA) is 47.9 Å². The predicted octanol–water partition coefficient (Wildman–Crippen LogP) is 12.7. The highest BCUT2D eigenvalue weighted by Crippen LogP contribution is 2.62. The normalized spacial score (nSPS) is 14.2. The first-order valence-electron chi connectivity index (χ1n) is 19.2. The summed E-state index contributed by atoms with van der Waals surface area (Å²) in [5, 5.41) is 0. The van der Waals surface area contributed by atoms with Crippen LogP contribution in [0.5, 0.6) is 11.5 Å². The van der Waals surface area contributed by atoms with E-state index in [0.717, 1.165) is 80.2 Å². The van der Waals surface area contributed by atoms with Crippen molar-refractivity contribution in [3.05, 3.63) is 216 Å². The van der Waals surface area contributed by atoms with Crippen molar-refractivity contribution in [2.75, 3.05) is 0 Å². The molecule has 0 amide bonds. The van der Waals surface area contributed by atoms with Crippen molar-refractivity contribution in [2.45, 2.75) is 18.3 Å². The van der Waals surface area contributed by atoms with E-state index in [4.69, 9.17) is 19.7 Å². The highest BCUT2D eigenvalue weighted by Gasteiger charge is 2.51. The largest absolute Gasteiger partial charge is 0.457 e. The van der Waals surface area contributed by atoms with E-state index < -0.39 is 5.41 Å². The summed E-state index contributed by atoms with van der Waals surface area (Å²) in [4.78, 5) is 15.2. The monoisotopic (exact) mass is 717 g/mol. The summed E-state index contributed by atoms with van der Waals surface area (Å²) < 4.78 is 6.67. The van der Waals surface area contributed by atoms with Crippen molar-refractivity contribution in [1.82, 2.24) is 15.0 Å². The molecule has 1 spiro atoms. The average Bonchev–Trinajstić information content (AvgIpc) is 3.57. The fraction of sp³-hybridized carbons (Fsp3) is 0.0577. The average molecular weight is 718 g/mol. The Morgan fingerprint density at radius 3 is 1.71 bits per heavy atom. The molecule has 0 saturated heterocycles. The molecule has 11 rings (SSSR count). The van der Waals surface area contributed by atoms with Crippen molar-refractivity contribution in [2.24, 2.45) is 0 Å². The lowest BCUT2D eigenvalue weighted by molar-refractivity contribution is 0.436. The number of nitrogens with zero attached hydrogens (tertiary/aromatic N) is 3. The summed E-state index contributed by atoms with van der Waals surface area (Å²) >= 11 is 0. The number of ether oxygens (including phenoxy) is 1. The molecule has 4 heteroatoms. The number of hydrogen-bond acceptors (Lipinski definition) is 4. The van der Waals surface area contributed by atoms with E-state index in [9.17, 15) is 0 Å². The van der Waals surface area contributed by atoms with Crippen molar-refractivity contribution >= 4 is 5.57 Å². The predicted molar refractivity (Wildman–Crippen MR) is 225 cm³/mol. The Morgan fingerprint density at radius 1 is 0.411 bits per heavy atom. The van der Waals surface area contributed by atoms with Gasteiger partial charge in [-0.05, 0) is 87.2 Å². The van der Waals surface area contributed by atoms with E-state index in [0.29, 0.717) is 11.6 Å². The molecule has 0 atom stereocenters. The number of para-hydroxylation sites is 1. The quantitative estimate of drug-likeness (QED) is 0.178. The maximum absolute atomic E-state index is 6.67. The zero-order valence-corrected chi connectivity index (χ0v) is 30.6. The maximum Gasteiger partial charge on any atom is 0.164 e. The van der Waals surface area contributed by atoms with E-state index in [-0.39, 0.29) is 0 Å². The van der Waals surface area contributed by atoms with Gasteiger partial charge in [0.2, 0.25) is 0 Å². The number of hydrogen-bond donors (Lipinski definition) is 0. The van der Waals surface area contributed by atoms with Crippen LogP contribution in [-0.2, 0) is 5.41 Å². The van der Waals surface area contributed by atoms with Gasteiger partial charge in [-0.2, -0.15) is 0 Å². The molecule has 0 bridgehead atoms. The van der Waals surface area contributed by atoms with E-state index in [1.165, 1.54) is 22.3 Å². The fourth-order valence-corrected chi connectivity index (χ4v) is 8.88. The van der Waals surface area contributed by atoms with Crippen LogP contribution >= 0.6 is 0 Å². The lowest BCUT2D eigenvalue weighted by Gasteiger charge is -2.39. The van der Waals surface area contributed by atoms with E-state index in [1.807, 2.05) is 6.07 Å². The highest BCUT2D eigenvalue weighted by molar-refractivity contribution is 5.89. The standard InChI is InChI=1S/C52H35N3O/c1-3-14-34(15-4-1)38-18-13-19-40(32-38)51-54-49(36-16-5-2-6-17-36)53-50(55-51)37-28-26-35(27-29-37)39-30-31-48-46(33-39)52(45-24-11-12-25-47(45)56-48)43-22-9-7-20-41(43)42-21-8-10-23-44(42)52/h1-5,7-16,18-33H,6,17H2. The van der Waals surface area contributed by atoms with Gasteiger partial charge in [0.15, 0.2) is 17.5 Å². The van der Waals surface area contributed by atoms with Crippen LogP contribution in [0.15, 0.2) is 188 Å². The summed E-state index contributed by atoms with van der Waals surface area (Å²) in [5.74, 6) is 3.82.